The lowest BCUT2D eigenvalue weighted by Crippen LogP contribution is -1.79. The number of halogens is 2. The van der Waals surface area contributed by atoms with Gasteiger partial charge in [-0.1, -0.05) is 11.6 Å². The van der Waals surface area contributed by atoms with Gasteiger partial charge in [-0.15, -0.1) is 0 Å². The Labute approximate surface area is 73.3 Å². The van der Waals surface area contributed by atoms with Crippen LogP contribution in [0.5, 0.6) is 0 Å². The third kappa shape index (κ3) is 0.975. The standard InChI is InChI=1S/C8H6ClFN2/c1-4-2-5(10)3-6-7(4)11-12-8(6)9/h2-3H,1H3,(H,11,12). The van der Waals surface area contributed by atoms with E-state index in [1.54, 1.807) is 6.92 Å². The molecule has 0 unspecified atom stereocenters. The molecule has 12 heavy (non-hydrogen) atoms. The van der Waals surface area contributed by atoms with Crippen LogP contribution in [0.1, 0.15) is 5.56 Å². The van der Waals surface area contributed by atoms with Crippen molar-refractivity contribution in [3.8, 4) is 0 Å². The summed E-state index contributed by atoms with van der Waals surface area (Å²) in [4.78, 5) is 0. The number of H-pyrrole nitrogens is 1. The maximum Gasteiger partial charge on any atom is 0.132 e. The molecule has 1 aromatic carbocycles. The van der Waals surface area contributed by atoms with Gasteiger partial charge in [0.25, 0.3) is 0 Å². The molecule has 0 saturated carbocycles. The van der Waals surface area contributed by atoms with Gasteiger partial charge in [0, 0.05) is 5.39 Å². The maximum absolute atomic E-state index is 12.9. The number of hydrogen-bond acceptors (Lipinski definition) is 1. The first-order valence-electron chi connectivity index (χ1n) is 3.48. The molecular formula is C8H6ClFN2. The zero-order chi connectivity index (χ0) is 8.72. The minimum absolute atomic E-state index is 0.289. The molecule has 1 aromatic heterocycles. The number of aromatic amines is 1. The van der Waals surface area contributed by atoms with Gasteiger partial charge in [-0.3, -0.25) is 5.10 Å². The topological polar surface area (TPSA) is 28.7 Å². The molecule has 0 atom stereocenters. The molecule has 2 rings (SSSR count). The highest BCUT2D eigenvalue weighted by Crippen LogP contribution is 2.23. The maximum atomic E-state index is 12.9. The highest BCUT2D eigenvalue weighted by atomic mass is 35.5. The summed E-state index contributed by atoms with van der Waals surface area (Å²) in [5.74, 6) is -0.289. The van der Waals surface area contributed by atoms with Gasteiger partial charge in [0.05, 0.1) is 5.52 Å². The van der Waals surface area contributed by atoms with Crippen LogP contribution in [0.25, 0.3) is 10.9 Å². The van der Waals surface area contributed by atoms with Crippen molar-refractivity contribution < 1.29 is 4.39 Å². The van der Waals surface area contributed by atoms with Gasteiger partial charge in [-0.05, 0) is 24.6 Å². The molecule has 1 N–H and O–H groups in total. The van der Waals surface area contributed by atoms with Crippen LogP contribution in [0, 0.1) is 12.7 Å². The van der Waals surface area contributed by atoms with E-state index in [9.17, 15) is 4.39 Å². The van der Waals surface area contributed by atoms with Crippen LogP contribution < -0.4 is 0 Å². The van der Waals surface area contributed by atoms with Gasteiger partial charge in [0.2, 0.25) is 0 Å². The summed E-state index contributed by atoms with van der Waals surface area (Å²) in [5, 5.41) is 7.54. The zero-order valence-electron chi connectivity index (χ0n) is 6.36. The van der Waals surface area contributed by atoms with Gasteiger partial charge in [0.15, 0.2) is 0 Å². The molecule has 0 spiro atoms. The number of rotatable bonds is 0. The quantitative estimate of drug-likeness (QED) is 0.670. The fourth-order valence-electron chi connectivity index (χ4n) is 1.22. The van der Waals surface area contributed by atoms with Gasteiger partial charge in [-0.25, -0.2) is 4.39 Å². The van der Waals surface area contributed by atoms with Crippen molar-refractivity contribution in [2.75, 3.05) is 0 Å². The Bertz CT molecular complexity index is 436. The van der Waals surface area contributed by atoms with Crippen molar-refractivity contribution in [1.29, 1.82) is 0 Å². The molecular weight excluding hydrogens is 179 g/mol. The van der Waals surface area contributed by atoms with Crippen molar-refractivity contribution in [2.24, 2.45) is 0 Å². The van der Waals surface area contributed by atoms with Crippen LogP contribution in [0.2, 0.25) is 5.15 Å². The van der Waals surface area contributed by atoms with Crippen LogP contribution in [-0.2, 0) is 0 Å². The lowest BCUT2D eigenvalue weighted by molar-refractivity contribution is 0.628. The molecule has 0 fully saturated rings. The summed E-state index contributed by atoms with van der Waals surface area (Å²) >= 11 is 5.73. The Balaban J connectivity index is 2.92. The van der Waals surface area contributed by atoms with Crippen LogP contribution >= 0.6 is 11.6 Å². The van der Waals surface area contributed by atoms with E-state index in [-0.39, 0.29) is 5.82 Å². The van der Waals surface area contributed by atoms with Gasteiger partial charge < -0.3 is 0 Å². The summed E-state index contributed by atoms with van der Waals surface area (Å²) in [7, 11) is 0. The average molecular weight is 185 g/mol. The van der Waals surface area contributed by atoms with Crippen LogP contribution in [0.4, 0.5) is 4.39 Å². The van der Waals surface area contributed by atoms with E-state index in [2.05, 4.69) is 10.2 Å². The second-order valence-corrected chi connectivity index (χ2v) is 3.03. The van der Waals surface area contributed by atoms with E-state index in [1.807, 2.05) is 0 Å². The lowest BCUT2D eigenvalue weighted by Gasteiger charge is -1.93. The molecule has 0 aliphatic carbocycles. The van der Waals surface area contributed by atoms with Crippen molar-refractivity contribution in [3.63, 3.8) is 0 Å². The van der Waals surface area contributed by atoms with E-state index in [4.69, 9.17) is 11.6 Å². The molecule has 0 aliphatic rings. The fraction of sp³-hybridized carbons (Fsp3) is 0.125. The minimum atomic E-state index is -0.289. The van der Waals surface area contributed by atoms with Crippen LogP contribution in [0.3, 0.4) is 0 Å². The monoisotopic (exact) mass is 184 g/mol. The third-order valence-electron chi connectivity index (χ3n) is 1.77. The molecule has 0 bridgehead atoms. The largest absolute Gasteiger partial charge is 0.266 e. The summed E-state index contributed by atoms with van der Waals surface area (Å²) in [5.41, 5.74) is 1.51. The van der Waals surface area contributed by atoms with E-state index in [1.165, 1.54) is 12.1 Å². The second kappa shape index (κ2) is 2.45. The summed E-state index contributed by atoms with van der Waals surface area (Å²) in [6.07, 6.45) is 0. The molecule has 4 heteroatoms. The van der Waals surface area contributed by atoms with E-state index in [0.29, 0.717) is 10.5 Å². The van der Waals surface area contributed by atoms with E-state index < -0.39 is 0 Å². The molecule has 62 valence electrons. The summed E-state index contributed by atoms with van der Waals surface area (Å²) in [6, 6.07) is 2.80. The molecule has 0 radical (unpaired) electrons. The normalized spacial score (nSPS) is 10.9. The Morgan fingerprint density at radius 3 is 3.00 bits per heavy atom. The highest BCUT2D eigenvalue weighted by Gasteiger charge is 2.06. The minimum Gasteiger partial charge on any atom is -0.266 e. The lowest BCUT2D eigenvalue weighted by atomic mass is 10.2. The first-order valence-corrected chi connectivity index (χ1v) is 3.86. The number of nitrogens with one attached hydrogen (secondary N) is 1. The predicted octanol–water partition coefficient (Wildman–Crippen LogP) is 2.66. The number of fused-ring (bicyclic) bond motifs is 1. The van der Waals surface area contributed by atoms with Crippen LogP contribution in [-0.4, -0.2) is 10.2 Å². The van der Waals surface area contributed by atoms with Crippen molar-refractivity contribution >= 4 is 22.5 Å². The molecule has 2 nitrogen and oxygen atoms in total. The van der Waals surface area contributed by atoms with E-state index >= 15 is 0 Å². The molecule has 0 aliphatic heterocycles. The molecule has 0 saturated heterocycles. The number of nitrogens with zero attached hydrogens (tertiary/aromatic N) is 1. The number of aromatic nitrogens is 2. The van der Waals surface area contributed by atoms with Gasteiger partial charge in [-0.2, -0.15) is 5.10 Å². The first kappa shape index (κ1) is 7.55. The Kier molecular flexibility index (Phi) is 1.54. The molecule has 1 heterocycles. The Morgan fingerprint density at radius 2 is 2.25 bits per heavy atom. The van der Waals surface area contributed by atoms with Gasteiger partial charge >= 0.3 is 0 Å². The Morgan fingerprint density at radius 1 is 1.50 bits per heavy atom. The summed E-state index contributed by atoms with van der Waals surface area (Å²) in [6.45, 7) is 1.79. The second-order valence-electron chi connectivity index (χ2n) is 2.66. The van der Waals surface area contributed by atoms with Crippen molar-refractivity contribution in [1.82, 2.24) is 10.2 Å². The Hall–Kier alpha value is -1.09. The average Bonchev–Trinajstić information content (AvgIpc) is 2.33. The number of hydrogen-bond donors (Lipinski definition) is 1. The van der Waals surface area contributed by atoms with Crippen molar-refractivity contribution in [3.05, 3.63) is 28.7 Å². The first-order chi connectivity index (χ1) is 5.68. The third-order valence-corrected chi connectivity index (χ3v) is 2.06. The summed E-state index contributed by atoms with van der Waals surface area (Å²) < 4.78 is 12.9. The number of benzene rings is 1. The van der Waals surface area contributed by atoms with Crippen LogP contribution in [0.15, 0.2) is 12.1 Å². The SMILES string of the molecule is Cc1cc(F)cc2c(Cl)[nH]nc12. The fourth-order valence-corrected chi connectivity index (χ4v) is 1.40. The van der Waals surface area contributed by atoms with Crippen molar-refractivity contribution in [2.45, 2.75) is 6.92 Å². The van der Waals surface area contributed by atoms with Gasteiger partial charge in [0.1, 0.15) is 11.0 Å². The highest BCUT2D eigenvalue weighted by molar-refractivity contribution is 6.34. The number of aryl methyl sites for hydroxylation is 1. The molecule has 0 amide bonds. The smallest absolute Gasteiger partial charge is 0.132 e. The predicted molar refractivity (Wildman–Crippen MR) is 45.8 cm³/mol. The zero-order valence-corrected chi connectivity index (χ0v) is 7.11. The van der Waals surface area contributed by atoms with E-state index in [0.717, 1.165) is 11.1 Å². The molecule has 2 aromatic rings.